The van der Waals surface area contributed by atoms with Gasteiger partial charge < -0.3 is 14.2 Å². The fourth-order valence-corrected chi connectivity index (χ4v) is 6.19. The zero-order valence-corrected chi connectivity index (χ0v) is 23.6. The van der Waals surface area contributed by atoms with Gasteiger partial charge >= 0.3 is 11.9 Å². The molecule has 5 heterocycles. The average Bonchev–Trinajstić information content (AvgIpc) is 3.54. The number of ketones is 1. The summed E-state index contributed by atoms with van der Waals surface area (Å²) in [7, 11) is 1.78. The van der Waals surface area contributed by atoms with Crippen molar-refractivity contribution in [3.05, 3.63) is 70.1 Å². The van der Waals surface area contributed by atoms with E-state index in [1.165, 1.54) is 6.20 Å². The Bertz CT molecular complexity index is 1650. The van der Waals surface area contributed by atoms with Gasteiger partial charge in [0.05, 0.1) is 11.0 Å². The minimum absolute atomic E-state index is 0.0279. The highest BCUT2D eigenvalue weighted by Gasteiger charge is 2.42. The number of nitrogens with zero attached hydrogens (tertiary/aromatic N) is 6. The topological polar surface area (TPSA) is 89.4 Å². The van der Waals surface area contributed by atoms with Gasteiger partial charge in [0.25, 0.3) is 6.01 Å². The number of para-hydroxylation sites is 2. The number of anilines is 2. The van der Waals surface area contributed by atoms with E-state index in [4.69, 9.17) is 4.42 Å². The number of halogens is 3. The molecule has 222 valence electrons. The van der Waals surface area contributed by atoms with Crippen LogP contribution < -0.4 is 15.5 Å². The molecular weight excluding hydrogens is 549 g/mol. The number of oxazole rings is 1. The van der Waals surface area contributed by atoms with Crippen LogP contribution in [0.5, 0.6) is 0 Å². The van der Waals surface area contributed by atoms with E-state index in [9.17, 15) is 22.8 Å². The minimum atomic E-state index is -4.81. The van der Waals surface area contributed by atoms with Gasteiger partial charge in [-0.3, -0.25) is 13.9 Å². The molecule has 0 amide bonds. The van der Waals surface area contributed by atoms with Gasteiger partial charge in [0, 0.05) is 51.9 Å². The van der Waals surface area contributed by atoms with E-state index < -0.39 is 23.4 Å². The number of imidazole rings is 1. The van der Waals surface area contributed by atoms with Crippen molar-refractivity contribution < 1.29 is 22.4 Å². The molecule has 2 aliphatic heterocycles. The molecule has 0 spiro atoms. The van der Waals surface area contributed by atoms with Gasteiger partial charge in [-0.05, 0) is 55.4 Å². The van der Waals surface area contributed by atoms with Crippen molar-refractivity contribution >= 4 is 28.6 Å². The molecule has 42 heavy (non-hydrogen) atoms. The van der Waals surface area contributed by atoms with Crippen LogP contribution in [-0.2, 0) is 19.6 Å². The summed E-state index contributed by atoms with van der Waals surface area (Å²) in [6, 6.07) is 11.2. The molecular formula is C30H33F3N6O3. The number of pyridine rings is 1. The summed E-state index contributed by atoms with van der Waals surface area (Å²) in [6.45, 7) is 4.48. The maximum absolute atomic E-state index is 13.8. The second-order valence-electron chi connectivity index (χ2n) is 11.4. The molecule has 6 rings (SSSR count). The predicted molar refractivity (Wildman–Crippen MR) is 152 cm³/mol. The van der Waals surface area contributed by atoms with Gasteiger partial charge in [-0.2, -0.15) is 18.2 Å². The van der Waals surface area contributed by atoms with Crippen LogP contribution in [0.4, 0.5) is 25.0 Å². The van der Waals surface area contributed by atoms with E-state index in [-0.39, 0.29) is 24.2 Å². The van der Waals surface area contributed by atoms with Gasteiger partial charge in [-0.15, -0.1) is 0 Å². The highest BCUT2D eigenvalue weighted by Crippen LogP contribution is 2.36. The Kier molecular flexibility index (Phi) is 7.32. The first kappa shape index (κ1) is 28.0. The maximum Gasteiger partial charge on any atom is 0.437 e. The Hall–Kier alpha value is -4.09. The van der Waals surface area contributed by atoms with E-state index in [2.05, 4.69) is 14.9 Å². The third kappa shape index (κ3) is 5.30. The summed E-state index contributed by atoms with van der Waals surface area (Å²) in [6.07, 6.45) is -0.232. The van der Waals surface area contributed by atoms with Crippen LogP contribution in [0.25, 0.3) is 11.0 Å². The molecule has 0 aliphatic carbocycles. The Morgan fingerprint density at radius 1 is 1.02 bits per heavy atom. The van der Waals surface area contributed by atoms with Crippen molar-refractivity contribution in [2.45, 2.75) is 51.2 Å². The Balaban J connectivity index is 1.13. The van der Waals surface area contributed by atoms with Crippen molar-refractivity contribution in [1.29, 1.82) is 0 Å². The molecule has 1 aromatic carbocycles. The number of aryl methyl sites for hydroxylation is 1. The highest BCUT2D eigenvalue weighted by atomic mass is 19.4. The van der Waals surface area contributed by atoms with Gasteiger partial charge in [0.15, 0.2) is 5.69 Å². The first-order chi connectivity index (χ1) is 20.1. The Morgan fingerprint density at radius 2 is 1.76 bits per heavy atom. The van der Waals surface area contributed by atoms with Crippen LogP contribution in [-0.4, -0.2) is 51.1 Å². The molecule has 0 radical (unpaired) electrons. The lowest BCUT2D eigenvalue weighted by Gasteiger charge is -2.33. The second-order valence-corrected chi connectivity index (χ2v) is 11.4. The standard InChI is InChI=1S/C30H33F3N6O3/c1-19-6-5-13-38(18-19)28-35-27(30(31,32)33)26(42-28)24(40)16-20-9-10-25(34-17-20)37-14-11-21(12-15-37)39-23-8-4-3-7-22(23)36(2)29(39)41/h3-4,7-10,17,19,21H,5-6,11-16,18H2,1-2H3. The number of Topliss-reactive ketones (excluding diaryl/α,β-unsaturated/α-hetero) is 1. The monoisotopic (exact) mass is 582 g/mol. The molecule has 9 nitrogen and oxygen atoms in total. The SMILES string of the molecule is CC1CCCN(c2nc(C(F)(F)F)c(C(=O)Cc3ccc(N4CCC(n5c(=O)n(C)c6ccccc65)CC4)nc3)o2)C1. The number of benzene rings is 1. The smallest absolute Gasteiger partial charge is 0.420 e. The van der Waals surface area contributed by atoms with Gasteiger partial charge in [-0.1, -0.05) is 25.1 Å². The number of carbonyl (C=O) groups excluding carboxylic acids is 1. The molecule has 2 saturated heterocycles. The molecule has 2 fully saturated rings. The average molecular weight is 583 g/mol. The van der Waals surface area contributed by atoms with Crippen molar-refractivity contribution in [3.8, 4) is 0 Å². The fraction of sp³-hybridized carbons (Fsp3) is 0.467. The molecule has 0 saturated carbocycles. The van der Waals surface area contributed by atoms with Gasteiger partial charge in [-0.25, -0.2) is 9.78 Å². The number of hydrogen-bond donors (Lipinski definition) is 0. The van der Waals surface area contributed by atoms with Crippen LogP contribution >= 0.6 is 0 Å². The van der Waals surface area contributed by atoms with Crippen molar-refractivity contribution in [3.63, 3.8) is 0 Å². The van der Waals surface area contributed by atoms with E-state index in [1.54, 1.807) is 28.6 Å². The summed E-state index contributed by atoms with van der Waals surface area (Å²) >= 11 is 0. The molecule has 12 heteroatoms. The third-order valence-electron chi connectivity index (χ3n) is 8.39. The predicted octanol–water partition coefficient (Wildman–Crippen LogP) is 5.25. The van der Waals surface area contributed by atoms with E-state index in [0.29, 0.717) is 43.5 Å². The summed E-state index contributed by atoms with van der Waals surface area (Å²) in [4.78, 5) is 37.9. The molecule has 2 aliphatic rings. The van der Waals surface area contributed by atoms with Gasteiger partial charge in [0.1, 0.15) is 5.82 Å². The largest absolute Gasteiger partial charge is 0.437 e. The van der Waals surface area contributed by atoms with E-state index in [0.717, 1.165) is 36.7 Å². The zero-order chi connectivity index (χ0) is 29.6. The molecule has 4 aromatic rings. The molecule has 0 N–H and O–H groups in total. The van der Waals surface area contributed by atoms with Crippen LogP contribution in [0.1, 0.15) is 60.5 Å². The van der Waals surface area contributed by atoms with Crippen molar-refractivity contribution in [2.75, 3.05) is 36.0 Å². The molecule has 0 bridgehead atoms. The summed E-state index contributed by atoms with van der Waals surface area (Å²) in [5.41, 5.74) is 1.01. The van der Waals surface area contributed by atoms with Crippen molar-refractivity contribution in [1.82, 2.24) is 19.1 Å². The molecule has 1 atom stereocenters. The lowest BCUT2D eigenvalue weighted by Crippen LogP contribution is -2.38. The summed E-state index contributed by atoms with van der Waals surface area (Å²) in [5.74, 6) is -0.532. The molecule has 1 unspecified atom stereocenters. The fourth-order valence-electron chi connectivity index (χ4n) is 6.19. The summed E-state index contributed by atoms with van der Waals surface area (Å²) < 4.78 is 50.3. The lowest BCUT2D eigenvalue weighted by atomic mass is 10.0. The van der Waals surface area contributed by atoms with Crippen LogP contribution in [0.15, 0.2) is 51.8 Å². The second kappa shape index (κ2) is 11.0. The number of piperidine rings is 2. The van der Waals surface area contributed by atoms with Crippen LogP contribution in [0, 0.1) is 5.92 Å². The molecule has 3 aromatic heterocycles. The number of carbonyl (C=O) groups is 1. The maximum atomic E-state index is 13.8. The first-order valence-electron chi connectivity index (χ1n) is 14.3. The lowest BCUT2D eigenvalue weighted by molar-refractivity contribution is -0.141. The number of alkyl halides is 3. The highest BCUT2D eigenvalue weighted by molar-refractivity contribution is 5.96. The number of hydrogen-bond acceptors (Lipinski definition) is 7. The number of rotatable bonds is 6. The summed E-state index contributed by atoms with van der Waals surface area (Å²) in [5, 5.41) is 0. The van der Waals surface area contributed by atoms with Crippen LogP contribution in [0.3, 0.4) is 0 Å². The first-order valence-corrected chi connectivity index (χ1v) is 14.3. The van der Waals surface area contributed by atoms with E-state index in [1.807, 2.05) is 35.8 Å². The normalized spacial score (nSPS) is 18.6. The van der Waals surface area contributed by atoms with Gasteiger partial charge in [0.2, 0.25) is 11.5 Å². The van der Waals surface area contributed by atoms with Crippen LogP contribution in [0.2, 0.25) is 0 Å². The Morgan fingerprint density at radius 3 is 2.43 bits per heavy atom. The van der Waals surface area contributed by atoms with Crippen molar-refractivity contribution in [2.24, 2.45) is 13.0 Å². The minimum Gasteiger partial charge on any atom is -0.420 e. The Labute approximate surface area is 240 Å². The number of aromatic nitrogens is 4. The zero-order valence-electron chi connectivity index (χ0n) is 23.6. The number of fused-ring (bicyclic) bond motifs is 1. The third-order valence-corrected chi connectivity index (χ3v) is 8.39. The quantitative estimate of drug-likeness (QED) is 0.287. The van der Waals surface area contributed by atoms with E-state index >= 15 is 0 Å².